The van der Waals surface area contributed by atoms with Crippen molar-refractivity contribution in [2.24, 2.45) is 0 Å². The molecular weight excluding hydrogens is 758 g/mol. The Kier molecular flexibility index (Phi) is 9.19. The van der Waals surface area contributed by atoms with Gasteiger partial charge in [-0.2, -0.15) is 0 Å². The summed E-state index contributed by atoms with van der Waals surface area (Å²) in [6.45, 7) is 25.7. The van der Waals surface area contributed by atoms with Crippen LogP contribution in [0.2, 0.25) is 0 Å². The topological polar surface area (TPSA) is 71.0 Å². The van der Waals surface area contributed by atoms with Gasteiger partial charge in [-0.3, -0.25) is 0 Å². The van der Waals surface area contributed by atoms with Gasteiger partial charge in [0.05, 0.1) is 0 Å². The summed E-state index contributed by atoms with van der Waals surface area (Å²) >= 11 is 0. The standard InChI is InChI=1S/C50H50O6P2/c1-26-13-32(7)44-37(18-26)38-19-27(2)14-33(8)45(38)53-58-55-48-36(17-30(5)22-41(48)42-23-31(6)24-43(49(42)56-58)50(10,11)12)25-35-16-29(4)21-40-39-20-28(3)15-34(9)46(39)52-57(51-44)54-47(35)40/h13-24H,25H2,1-12H3. The van der Waals surface area contributed by atoms with Crippen molar-refractivity contribution in [2.45, 2.75) is 94.9 Å². The van der Waals surface area contributed by atoms with E-state index in [1.807, 2.05) is 0 Å². The normalized spacial score (nSPS) is 13.3. The molecule has 0 N–H and O–H groups in total. The summed E-state index contributed by atoms with van der Waals surface area (Å²) in [5, 5.41) is 3.96. The van der Waals surface area contributed by atoms with E-state index in [0.717, 1.165) is 122 Å². The highest BCUT2D eigenvalue weighted by Crippen LogP contribution is 2.50. The molecule has 0 aliphatic carbocycles. The third kappa shape index (κ3) is 6.71. The van der Waals surface area contributed by atoms with E-state index in [9.17, 15) is 0 Å². The van der Waals surface area contributed by atoms with Crippen LogP contribution in [0.3, 0.4) is 0 Å². The Labute approximate surface area is 342 Å². The smallest absolute Gasteiger partial charge is 0.390 e. The van der Waals surface area contributed by atoms with Crippen molar-refractivity contribution in [2.75, 3.05) is 0 Å². The molecule has 2 unspecified atom stereocenters. The minimum atomic E-state index is -2.02. The second-order valence-electron chi connectivity index (χ2n) is 17.6. The van der Waals surface area contributed by atoms with Gasteiger partial charge in [0.15, 0.2) is 0 Å². The van der Waals surface area contributed by atoms with Crippen LogP contribution in [0, 0.1) is 62.3 Å². The minimum Gasteiger partial charge on any atom is -0.390 e. The molecule has 0 spiro atoms. The molecule has 0 radical (unpaired) electrons. The van der Waals surface area contributed by atoms with E-state index in [4.69, 9.17) is 25.8 Å². The summed E-state index contributed by atoms with van der Waals surface area (Å²) in [6.07, 6.45) is 0.525. The average molecular weight is 809 g/mol. The van der Waals surface area contributed by atoms with Gasteiger partial charge in [0, 0.05) is 55.8 Å². The molecule has 1 aliphatic rings. The molecule has 2 aromatic heterocycles. The lowest BCUT2D eigenvalue weighted by molar-refractivity contribution is 0.489. The molecule has 8 heteroatoms. The molecule has 58 heavy (non-hydrogen) atoms. The molecule has 6 nitrogen and oxygen atoms in total. The third-order valence-electron chi connectivity index (χ3n) is 11.2. The van der Waals surface area contributed by atoms with Gasteiger partial charge >= 0.3 is 16.5 Å². The van der Waals surface area contributed by atoms with Crippen molar-refractivity contribution in [3.8, 4) is 22.6 Å². The second-order valence-corrected chi connectivity index (χ2v) is 19.6. The first kappa shape index (κ1) is 38.2. The molecule has 1 aliphatic heterocycles. The molecule has 0 fully saturated rings. The van der Waals surface area contributed by atoms with Gasteiger partial charge in [-0.1, -0.05) is 57.2 Å². The lowest BCUT2D eigenvalue weighted by atomic mass is 9.84. The number of rotatable bonds is 0. The first-order valence-electron chi connectivity index (χ1n) is 20.0. The third-order valence-corrected chi connectivity index (χ3v) is 13.2. The van der Waals surface area contributed by atoms with E-state index >= 15 is 0 Å². The van der Waals surface area contributed by atoms with Crippen LogP contribution in [-0.4, -0.2) is 0 Å². The van der Waals surface area contributed by atoms with E-state index < -0.39 is 16.5 Å². The fraction of sp³-hybridized carbons (Fsp3) is 0.280. The average Bonchev–Trinajstić information content (AvgIpc) is 3.37. The molecule has 8 aromatic rings. The molecule has 0 saturated heterocycles. The van der Waals surface area contributed by atoms with Gasteiger partial charge in [0.2, 0.25) is 0 Å². The van der Waals surface area contributed by atoms with Gasteiger partial charge in [0.1, 0.15) is 33.8 Å². The monoisotopic (exact) mass is 808 g/mol. The van der Waals surface area contributed by atoms with Crippen LogP contribution in [0.1, 0.15) is 87.5 Å². The molecule has 9 rings (SSSR count). The van der Waals surface area contributed by atoms with Crippen molar-refractivity contribution in [1.82, 2.24) is 0 Å². The maximum atomic E-state index is 7.19. The predicted octanol–water partition coefficient (Wildman–Crippen LogP) is 16.2. The Bertz CT molecular complexity index is 3120. The molecule has 0 amide bonds. The van der Waals surface area contributed by atoms with E-state index in [1.54, 1.807) is 0 Å². The van der Waals surface area contributed by atoms with Gasteiger partial charge in [-0.15, -0.1) is 0 Å². The number of hydrogen-bond donors (Lipinski definition) is 0. The van der Waals surface area contributed by atoms with E-state index in [-0.39, 0.29) is 5.41 Å². The van der Waals surface area contributed by atoms with Gasteiger partial charge in [-0.05, 0) is 154 Å². The molecule has 3 heterocycles. The first-order chi connectivity index (χ1) is 27.5. The highest BCUT2D eigenvalue weighted by atomic mass is 31.1. The van der Waals surface area contributed by atoms with Crippen LogP contribution in [0.5, 0.6) is 11.5 Å². The van der Waals surface area contributed by atoms with Crippen LogP contribution in [0.15, 0.2) is 89.6 Å². The summed E-state index contributed by atoms with van der Waals surface area (Å²) in [6, 6.07) is 26.3. The number of benzene rings is 6. The van der Waals surface area contributed by atoms with E-state index in [2.05, 4.69) is 156 Å². The van der Waals surface area contributed by atoms with Crippen LogP contribution in [0.4, 0.5) is 0 Å². The minimum absolute atomic E-state index is 0.217. The summed E-state index contributed by atoms with van der Waals surface area (Å²) in [4.78, 5) is 0. The highest BCUT2D eigenvalue weighted by molar-refractivity contribution is 7.32. The number of fused-ring (bicyclic) bond motifs is 9. The Morgan fingerprint density at radius 3 is 1.24 bits per heavy atom. The fourth-order valence-corrected chi connectivity index (χ4v) is 11.3. The maximum absolute atomic E-state index is 7.19. The first-order valence-corrected chi connectivity index (χ1v) is 22.1. The highest BCUT2D eigenvalue weighted by Gasteiger charge is 2.26. The summed E-state index contributed by atoms with van der Waals surface area (Å²) in [5.74, 6) is 1.36. The summed E-state index contributed by atoms with van der Waals surface area (Å²) in [7, 11) is -4.01. The van der Waals surface area contributed by atoms with Crippen molar-refractivity contribution in [3.05, 3.63) is 140 Å². The zero-order valence-corrected chi connectivity index (χ0v) is 37.3. The van der Waals surface area contributed by atoms with Gasteiger partial charge in [0.25, 0.3) is 0 Å². The number of aryl methyl sites for hydroxylation is 9. The Morgan fingerprint density at radius 2 is 0.759 bits per heavy atom. The van der Waals surface area contributed by atoms with Gasteiger partial charge in [-0.25, -0.2) is 0 Å². The zero-order valence-electron chi connectivity index (χ0n) is 35.5. The van der Waals surface area contributed by atoms with Crippen molar-refractivity contribution in [1.29, 1.82) is 0 Å². The largest absolute Gasteiger partial charge is 0.453 e. The van der Waals surface area contributed by atoms with E-state index in [0.29, 0.717) is 17.9 Å². The molecule has 296 valence electrons. The quantitative estimate of drug-likeness (QED) is 0.152. The summed E-state index contributed by atoms with van der Waals surface area (Å²) < 4.78 is 42.6. The zero-order chi connectivity index (χ0) is 40.9. The van der Waals surface area contributed by atoms with Crippen molar-refractivity contribution in [3.63, 3.8) is 0 Å². The van der Waals surface area contributed by atoms with Crippen LogP contribution in [0.25, 0.3) is 55.0 Å². The molecular formula is C50H50O6P2. The molecule has 6 aromatic carbocycles. The van der Waals surface area contributed by atoms with Crippen molar-refractivity contribution < 1.29 is 25.8 Å². The Hall–Kier alpha value is -5.28. The van der Waals surface area contributed by atoms with Crippen molar-refractivity contribution >= 4 is 60.4 Å². The predicted molar refractivity (Wildman–Crippen MR) is 241 cm³/mol. The molecule has 0 saturated carbocycles. The molecule has 2 atom stereocenters. The Balaban J connectivity index is 1.52. The van der Waals surface area contributed by atoms with Crippen LogP contribution < -0.4 is 9.05 Å². The number of hydrogen-bond acceptors (Lipinski definition) is 6. The fourth-order valence-electron chi connectivity index (χ4n) is 8.79. The van der Waals surface area contributed by atoms with E-state index in [1.165, 1.54) is 0 Å². The Morgan fingerprint density at radius 1 is 0.397 bits per heavy atom. The second kappa shape index (κ2) is 13.9. The van der Waals surface area contributed by atoms with Crippen LogP contribution in [-0.2, 0) is 11.8 Å². The van der Waals surface area contributed by atoms with Gasteiger partial charge < -0.3 is 25.8 Å². The lowest BCUT2D eigenvalue weighted by Gasteiger charge is -2.20. The SMILES string of the molecule is Cc1cc(C)c2c(c1)-c1cc(C)cc(C)c1Op1oc3c(cc(C)cc3c3cc(C)cc(C(C)(C)C)c3o1)Cc1cc(C)cc3c1op(oc1c(C)cc(C)cc13)O2. The lowest BCUT2D eigenvalue weighted by Crippen LogP contribution is -2.11. The molecule has 4 bridgehead atoms. The van der Waals surface area contributed by atoms with Crippen LogP contribution >= 0.6 is 16.5 Å². The maximum Gasteiger partial charge on any atom is 0.453 e. The summed E-state index contributed by atoms with van der Waals surface area (Å²) in [5.41, 5.74) is 17.4.